The van der Waals surface area contributed by atoms with Crippen LogP contribution in [0.15, 0.2) is 66.7 Å². The van der Waals surface area contributed by atoms with E-state index in [1.54, 1.807) is 49.8 Å². The highest BCUT2D eigenvalue weighted by molar-refractivity contribution is 7.22. The van der Waals surface area contributed by atoms with Crippen molar-refractivity contribution in [2.45, 2.75) is 32.1 Å². The van der Waals surface area contributed by atoms with Crippen molar-refractivity contribution in [2.75, 3.05) is 27.4 Å². The van der Waals surface area contributed by atoms with Gasteiger partial charge in [-0.05, 0) is 85.1 Å². The number of benzene rings is 3. The maximum absolute atomic E-state index is 13.8. The maximum atomic E-state index is 13.8. The van der Waals surface area contributed by atoms with Crippen LogP contribution in [0.25, 0.3) is 20.5 Å². The molecular formula is C32H32O6S. The van der Waals surface area contributed by atoms with Crippen molar-refractivity contribution in [3.63, 3.8) is 0 Å². The van der Waals surface area contributed by atoms with Crippen LogP contribution in [0.3, 0.4) is 0 Å². The summed E-state index contributed by atoms with van der Waals surface area (Å²) in [5, 5.41) is 0.886. The predicted molar refractivity (Wildman–Crippen MR) is 153 cm³/mol. The number of fused-ring (bicyclic) bond motifs is 1. The van der Waals surface area contributed by atoms with Crippen LogP contribution >= 0.6 is 11.3 Å². The fraction of sp³-hybridized carbons (Fsp3) is 0.312. The highest BCUT2D eigenvalue weighted by Gasteiger charge is 2.23. The molecule has 0 bridgehead atoms. The van der Waals surface area contributed by atoms with Gasteiger partial charge in [0.1, 0.15) is 30.5 Å². The third kappa shape index (κ3) is 6.09. The molecule has 39 heavy (non-hydrogen) atoms. The second kappa shape index (κ2) is 12.3. The number of carbonyl (C=O) groups is 2. The van der Waals surface area contributed by atoms with Crippen LogP contribution < -0.4 is 14.2 Å². The van der Waals surface area contributed by atoms with E-state index in [0.717, 1.165) is 57.7 Å². The SMILES string of the molecule is COc1ccc(-c2sc3cc(OC)ccc3c2C(=O)c2ccc(OCCOC(=O)C3CCCCC3)cc2)cc1. The smallest absolute Gasteiger partial charge is 0.309 e. The van der Waals surface area contributed by atoms with E-state index in [2.05, 4.69) is 0 Å². The molecule has 0 N–H and O–H groups in total. The van der Waals surface area contributed by atoms with Crippen molar-refractivity contribution < 1.29 is 28.5 Å². The Balaban J connectivity index is 1.31. The van der Waals surface area contributed by atoms with Gasteiger partial charge in [0.2, 0.25) is 0 Å². The third-order valence-corrected chi connectivity index (χ3v) is 8.33. The molecule has 0 saturated heterocycles. The first-order valence-corrected chi connectivity index (χ1v) is 14.1. The summed E-state index contributed by atoms with van der Waals surface area (Å²) in [6.45, 7) is 0.482. The third-order valence-electron chi connectivity index (χ3n) is 7.13. The summed E-state index contributed by atoms with van der Waals surface area (Å²) in [6.07, 6.45) is 5.23. The van der Waals surface area contributed by atoms with Gasteiger partial charge in [-0.3, -0.25) is 9.59 Å². The molecule has 0 amide bonds. The standard InChI is InChI=1S/C32H32O6S/c1-35-24-12-10-22(11-13-24)31-29(27-17-16-26(36-2)20-28(27)39-31)30(33)21-8-14-25(15-9-21)37-18-19-38-32(34)23-6-4-3-5-7-23/h8-17,20,23H,3-7,18-19H2,1-2H3. The number of rotatable bonds is 10. The Morgan fingerprint density at radius 1 is 0.795 bits per heavy atom. The second-order valence-electron chi connectivity index (χ2n) is 9.60. The Kier molecular flexibility index (Phi) is 8.47. The van der Waals surface area contributed by atoms with Crippen LogP contribution in [0.5, 0.6) is 17.2 Å². The Hall–Kier alpha value is -3.84. The summed E-state index contributed by atoms with van der Waals surface area (Å²) in [4.78, 5) is 26.9. The van der Waals surface area contributed by atoms with E-state index in [1.165, 1.54) is 6.42 Å². The molecule has 5 rings (SSSR count). The Morgan fingerprint density at radius 2 is 1.46 bits per heavy atom. The van der Waals surface area contributed by atoms with Gasteiger partial charge in [0.05, 0.1) is 20.1 Å². The lowest BCUT2D eigenvalue weighted by atomic mass is 9.89. The molecule has 0 radical (unpaired) electrons. The van der Waals surface area contributed by atoms with Crippen molar-refractivity contribution in [1.29, 1.82) is 0 Å². The van der Waals surface area contributed by atoms with Crippen molar-refractivity contribution in [1.82, 2.24) is 0 Å². The average molecular weight is 545 g/mol. The van der Waals surface area contributed by atoms with Crippen molar-refractivity contribution in [2.24, 2.45) is 5.92 Å². The number of ether oxygens (including phenoxy) is 4. The summed E-state index contributed by atoms with van der Waals surface area (Å²) >= 11 is 1.56. The van der Waals surface area contributed by atoms with E-state index in [4.69, 9.17) is 18.9 Å². The monoisotopic (exact) mass is 544 g/mol. The zero-order chi connectivity index (χ0) is 27.2. The minimum Gasteiger partial charge on any atom is -0.497 e. The molecule has 1 heterocycles. The molecule has 0 atom stereocenters. The normalized spacial score (nSPS) is 13.7. The highest BCUT2D eigenvalue weighted by atomic mass is 32.1. The molecule has 0 unspecified atom stereocenters. The molecule has 7 heteroatoms. The maximum Gasteiger partial charge on any atom is 0.309 e. The van der Waals surface area contributed by atoms with Crippen LogP contribution in [-0.4, -0.2) is 39.2 Å². The molecule has 1 aliphatic carbocycles. The summed E-state index contributed by atoms with van der Waals surface area (Å²) < 4.78 is 22.9. The first-order chi connectivity index (χ1) is 19.1. The molecule has 6 nitrogen and oxygen atoms in total. The van der Waals surface area contributed by atoms with Gasteiger partial charge in [-0.25, -0.2) is 0 Å². The Morgan fingerprint density at radius 3 is 2.15 bits per heavy atom. The number of hydrogen-bond acceptors (Lipinski definition) is 7. The number of methoxy groups -OCH3 is 2. The quantitative estimate of drug-likeness (QED) is 0.118. The van der Waals surface area contributed by atoms with Gasteiger partial charge in [-0.15, -0.1) is 11.3 Å². The fourth-order valence-corrected chi connectivity index (χ4v) is 6.21. The van der Waals surface area contributed by atoms with Gasteiger partial charge in [0.25, 0.3) is 0 Å². The van der Waals surface area contributed by atoms with E-state index in [1.807, 2.05) is 42.5 Å². The van der Waals surface area contributed by atoms with E-state index >= 15 is 0 Å². The number of esters is 1. The van der Waals surface area contributed by atoms with Crippen LogP contribution in [-0.2, 0) is 9.53 Å². The van der Waals surface area contributed by atoms with Gasteiger partial charge in [0, 0.05) is 26.1 Å². The summed E-state index contributed by atoms with van der Waals surface area (Å²) in [5.41, 5.74) is 2.17. The number of ketones is 1. The van der Waals surface area contributed by atoms with Crippen LogP contribution in [0.1, 0.15) is 48.0 Å². The minimum absolute atomic E-state index is 0.0288. The lowest BCUT2D eigenvalue weighted by Crippen LogP contribution is -2.22. The van der Waals surface area contributed by atoms with Gasteiger partial charge < -0.3 is 18.9 Å². The zero-order valence-corrected chi connectivity index (χ0v) is 23.1. The summed E-state index contributed by atoms with van der Waals surface area (Å²) in [5.74, 6) is 1.97. The van der Waals surface area contributed by atoms with E-state index in [9.17, 15) is 9.59 Å². The second-order valence-corrected chi connectivity index (χ2v) is 10.7. The van der Waals surface area contributed by atoms with Gasteiger partial charge in [0.15, 0.2) is 5.78 Å². The fourth-order valence-electron chi connectivity index (χ4n) is 4.98. The molecule has 0 aliphatic heterocycles. The van der Waals surface area contributed by atoms with E-state index < -0.39 is 0 Å². The number of thiophene rings is 1. The molecule has 1 aliphatic rings. The lowest BCUT2D eigenvalue weighted by Gasteiger charge is -2.19. The molecule has 4 aromatic rings. The molecule has 1 saturated carbocycles. The van der Waals surface area contributed by atoms with Gasteiger partial charge >= 0.3 is 5.97 Å². The topological polar surface area (TPSA) is 71.1 Å². The van der Waals surface area contributed by atoms with Gasteiger partial charge in [-0.1, -0.05) is 19.3 Å². The molecule has 3 aromatic carbocycles. The molecule has 202 valence electrons. The molecule has 0 spiro atoms. The minimum atomic E-state index is -0.118. The first-order valence-electron chi connectivity index (χ1n) is 13.3. The Labute approximate surface area is 232 Å². The predicted octanol–water partition coefficient (Wildman–Crippen LogP) is 7.32. The first kappa shape index (κ1) is 26.8. The van der Waals surface area contributed by atoms with E-state index in [0.29, 0.717) is 16.9 Å². The van der Waals surface area contributed by atoms with Crippen molar-refractivity contribution in [3.8, 4) is 27.7 Å². The molecule has 1 aromatic heterocycles. The van der Waals surface area contributed by atoms with E-state index in [-0.39, 0.29) is 30.9 Å². The van der Waals surface area contributed by atoms with Crippen molar-refractivity contribution in [3.05, 3.63) is 77.9 Å². The van der Waals surface area contributed by atoms with Crippen LogP contribution in [0.2, 0.25) is 0 Å². The van der Waals surface area contributed by atoms with Crippen LogP contribution in [0, 0.1) is 5.92 Å². The largest absolute Gasteiger partial charge is 0.497 e. The number of hydrogen-bond donors (Lipinski definition) is 0. The molecule has 1 fully saturated rings. The summed E-state index contributed by atoms with van der Waals surface area (Å²) in [7, 11) is 3.27. The zero-order valence-electron chi connectivity index (χ0n) is 22.2. The summed E-state index contributed by atoms with van der Waals surface area (Å²) in [6, 6.07) is 20.6. The van der Waals surface area contributed by atoms with Crippen LogP contribution in [0.4, 0.5) is 0 Å². The average Bonchev–Trinajstić information content (AvgIpc) is 3.38. The lowest BCUT2D eigenvalue weighted by molar-refractivity contribution is -0.150. The highest BCUT2D eigenvalue weighted by Crippen LogP contribution is 2.41. The molecular weight excluding hydrogens is 512 g/mol. The number of carbonyl (C=O) groups excluding carboxylic acids is 2. The van der Waals surface area contributed by atoms with Crippen molar-refractivity contribution >= 4 is 33.2 Å². The Bertz CT molecular complexity index is 1430. The van der Waals surface area contributed by atoms with Gasteiger partial charge in [-0.2, -0.15) is 0 Å².